The third-order valence-corrected chi connectivity index (χ3v) is 4.54. The lowest BCUT2D eigenvalue weighted by molar-refractivity contribution is -0.119. The molecule has 1 N–H and O–H groups in total. The summed E-state index contributed by atoms with van der Waals surface area (Å²) in [5.41, 5.74) is 2.96. The average molecular weight is 372 g/mol. The molecule has 2 aromatic carbocycles. The fraction of sp³-hybridized carbons (Fsp3) is 0.143. The van der Waals surface area contributed by atoms with E-state index in [4.69, 9.17) is 0 Å². The molecule has 1 aromatic heterocycles. The smallest absolute Gasteiger partial charge is 0.251 e. The van der Waals surface area contributed by atoms with E-state index in [2.05, 4.69) is 33.5 Å². The van der Waals surface area contributed by atoms with E-state index >= 15 is 0 Å². The maximum absolute atomic E-state index is 12.4. The first kappa shape index (κ1) is 17.7. The van der Waals surface area contributed by atoms with Crippen molar-refractivity contribution in [2.45, 2.75) is 6.04 Å². The summed E-state index contributed by atoms with van der Waals surface area (Å²) in [4.78, 5) is 14.3. The molecule has 0 bridgehead atoms. The number of benzene rings is 2. The first-order valence-corrected chi connectivity index (χ1v) is 9.03. The zero-order valence-corrected chi connectivity index (χ0v) is 15.3. The van der Waals surface area contributed by atoms with Crippen molar-refractivity contribution in [3.8, 4) is 0 Å². The number of amides is 1. The van der Waals surface area contributed by atoms with Gasteiger partial charge in [-0.2, -0.15) is 4.68 Å². The van der Waals surface area contributed by atoms with Gasteiger partial charge >= 0.3 is 0 Å². The van der Waals surface area contributed by atoms with Gasteiger partial charge in [0, 0.05) is 6.54 Å². The summed E-state index contributed by atoms with van der Waals surface area (Å²) in [6.45, 7) is 4.16. The van der Waals surface area contributed by atoms with Crippen LogP contribution in [0.15, 0.2) is 79.4 Å². The number of nitrogens with one attached hydrogen (secondary N) is 1. The molecule has 0 aliphatic carbocycles. The summed E-state index contributed by atoms with van der Waals surface area (Å²) in [6.07, 6.45) is 3.74. The molecule has 2 heterocycles. The van der Waals surface area contributed by atoms with Crippen LogP contribution >= 0.6 is 0 Å². The molecule has 28 heavy (non-hydrogen) atoms. The maximum atomic E-state index is 12.4. The Bertz CT molecular complexity index is 996. The van der Waals surface area contributed by atoms with Crippen LogP contribution in [-0.2, 0) is 4.79 Å². The van der Waals surface area contributed by atoms with E-state index in [0.717, 1.165) is 16.8 Å². The van der Waals surface area contributed by atoms with Gasteiger partial charge in [0.15, 0.2) is 0 Å². The summed E-state index contributed by atoms with van der Waals surface area (Å²) in [7, 11) is 0. The molecule has 0 saturated carbocycles. The Balaban J connectivity index is 1.78. The number of hydrogen-bond donors (Lipinski definition) is 1. The number of anilines is 1. The van der Waals surface area contributed by atoms with Crippen molar-refractivity contribution in [1.82, 2.24) is 25.5 Å². The molecule has 7 heteroatoms. The molecule has 0 fully saturated rings. The van der Waals surface area contributed by atoms with Gasteiger partial charge in [0.25, 0.3) is 5.95 Å². The van der Waals surface area contributed by atoms with Crippen LogP contribution in [0.5, 0.6) is 0 Å². The third kappa shape index (κ3) is 3.42. The fourth-order valence-corrected chi connectivity index (χ4v) is 3.25. The molecule has 0 radical (unpaired) electrons. The third-order valence-electron chi connectivity index (χ3n) is 4.54. The molecule has 1 atom stereocenters. The van der Waals surface area contributed by atoms with Gasteiger partial charge < -0.3 is 5.32 Å². The largest absolute Gasteiger partial charge is 0.351 e. The standard InChI is InChI=1S/C21H20N6O/c1-2-13-22-20(28)15-26-18(16-9-5-3-6-10-16)14-19(17-11-7-4-8-12-17)27-21(26)23-24-25-27/h2-12,14,19H,1,13,15H2,(H,22,28)/t19-/m1/s1. The second kappa shape index (κ2) is 7.87. The molecule has 1 amide bonds. The van der Waals surface area contributed by atoms with Gasteiger partial charge in [-0.15, -0.1) is 6.58 Å². The lowest BCUT2D eigenvalue weighted by Gasteiger charge is -2.32. The lowest BCUT2D eigenvalue weighted by atomic mass is 10.0. The zero-order chi connectivity index (χ0) is 19.3. The molecule has 0 spiro atoms. The summed E-state index contributed by atoms with van der Waals surface area (Å²) in [5, 5.41) is 15.1. The van der Waals surface area contributed by atoms with Crippen LogP contribution in [0, 0.1) is 0 Å². The van der Waals surface area contributed by atoms with Crippen LogP contribution < -0.4 is 10.2 Å². The number of carbonyl (C=O) groups is 1. The van der Waals surface area contributed by atoms with Crippen LogP contribution in [0.2, 0.25) is 0 Å². The Labute approximate surface area is 163 Å². The Morgan fingerprint density at radius 3 is 2.54 bits per heavy atom. The highest BCUT2D eigenvalue weighted by Crippen LogP contribution is 2.35. The average Bonchev–Trinajstić information content (AvgIpc) is 3.24. The second-order valence-corrected chi connectivity index (χ2v) is 6.38. The molecule has 0 unspecified atom stereocenters. The molecule has 140 valence electrons. The molecule has 0 saturated heterocycles. The summed E-state index contributed by atoms with van der Waals surface area (Å²) in [6, 6.07) is 19.8. The number of tetrazole rings is 1. The number of allylic oxidation sites excluding steroid dienone is 1. The minimum atomic E-state index is -0.158. The highest BCUT2D eigenvalue weighted by Gasteiger charge is 2.31. The Hall–Kier alpha value is -3.74. The van der Waals surface area contributed by atoms with Crippen LogP contribution in [0.25, 0.3) is 5.70 Å². The van der Waals surface area contributed by atoms with Crippen molar-refractivity contribution < 1.29 is 4.79 Å². The van der Waals surface area contributed by atoms with Crippen LogP contribution in [0.4, 0.5) is 5.95 Å². The molecular weight excluding hydrogens is 352 g/mol. The molecular formula is C21H20N6O. The molecule has 7 nitrogen and oxygen atoms in total. The fourth-order valence-electron chi connectivity index (χ4n) is 3.25. The minimum absolute atomic E-state index is 0.108. The van der Waals surface area contributed by atoms with E-state index in [0.29, 0.717) is 12.5 Å². The zero-order valence-electron chi connectivity index (χ0n) is 15.3. The Morgan fingerprint density at radius 2 is 1.82 bits per heavy atom. The highest BCUT2D eigenvalue weighted by molar-refractivity contribution is 5.89. The van der Waals surface area contributed by atoms with E-state index in [-0.39, 0.29) is 18.5 Å². The van der Waals surface area contributed by atoms with Gasteiger partial charge in [-0.1, -0.05) is 71.8 Å². The number of hydrogen-bond acceptors (Lipinski definition) is 5. The molecule has 1 aliphatic heterocycles. The van der Waals surface area contributed by atoms with Crippen molar-refractivity contribution in [2.75, 3.05) is 18.0 Å². The predicted octanol–water partition coefficient (Wildman–Crippen LogP) is 2.43. The van der Waals surface area contributed by atoms with Gasteiger partial charge in [0.05, 0.1) is 5.70 Å². The van der Waals surface area contributed by atoms with Crippen molar-refractivity contribution in [1.29, 1.82) is 0 Å². The number of carbonyl (C=O) groups excluding carboxylic acids is 1. The first-order valence-electron chi connectivity index (χ1n) is 9.03. The summed E-state index contributed by atoms with van der Waals surface area (Å²) >= 11 is 0. The molecule has 4 rings (SSSR count). The van der Waals surface area contributed by atoms with Crippen molar-refractivity contribution in [3.63, 3.8) is 0 Å². The van der Waals surface area contributed by atoms with Crippen molar-refractivity contribution in [3.05, 3.63) is 90.5 Å². The van der Waals surface area contributed by atoms with E-state index in [1.54, 1.807) is 10.8 Å². The SMILES string of the molecule is C=CCNC(=O)CN1C(c2ccccc2)=C[C@H](c2ccccc2)n2nnnc21. The van der Waals surface area contributed by atoms with E-state index in [1.165, 1.54) is 0 Å². The minimum Gasteiger partial charge on any atom is -0.351 e. The Morgan fingerprint density at radius 1 is 1.11 bits per heavy atom. The van der Waals surface area contributed by atoms with E-state index < -0.39 is 0 Å². The van der Waals surface area contributed by atoms with Gasteiger partial charge in [-0.05, 0) is 27.6 Å². The van der Waals surface area contributed by atoms with Gasteiger partial charge in [-0.25, -0.2) is 0 Å². The number of nitrogens with zero attached hydrogens (tertiary/aromatic N) is 5. The highest BCUT2D eigenvalue weighted by atomic mass is 16.2. The second-order valence-electron chi connectivity index (χ2n) is 6.38. The van der Waals surface area contributed by atoms with Crippen LogP contribution in [0.1, 0.15) is 17.2 Å². The first-order chi connectivity index (χ1) is 13.8. The van der Waals surface area contributed by atoms with Crippen LogP contribution in [-0.4, -0.2) is 39.2 Å². The maximum Gasteiger partial charge on any atom is 0.251 e. The van der Waals surface area contributed by atoms with Crippen molar-refractivity contribution >= 4 is 17.6 Å². The lowest BCUT2D eigenvalue weighted by Crippen LogP contribution is -2.40. The summed E-state index contributed by atoms with van der Waals surface area (Å²) in [5.74, 6) is 0.401. The Kier molecular flexibility index (Phi) is 4.97. The van der Waals surface area contributed by atoms with Gasteiger partial charge in [0.1, 0.15) is 12.6 Å². The normalized spacial score (nSPS) is 15.5. The van der Waals surface area contributed by atoms with Crippen molar-refractivity contribution in [2.24, 2.45) is 0 Å². The topological polar surface area (TPSA) is 75.9 Å². The number of aromatic nitrogens is 4. The number of fused-ring (bicyclic) bond motifs is 1. The van der Waals surface area contributed by atoms with Gasteiger partial charge in [0.2, 0.25) is 5.91 Å². The van der Waals surface area contributed by atoms with E-state index in [1.807, 2.05) is 65.6 Å². The number of rotatable bonds is 6. The molecule has 3 aromatic rings. The van der Waals surface area contributed by atoms with Gasteiger partial charge in [-0.3, -0.25) is 9.69 Å². The monoisotopic (exact) mass is 372 g/mol. The van der Waals surface area contributed by atoms with E-state index in [9.17, 15) is 4.79 Å². The predicted molar refractivity (Wildman–Crippen MR) is 107 cm³/mol. The van der Waals surface area contributed by atoms with Crippen LogP contribution in [0.3, 0.4) is 0 Å². The quantitative estimate of drug-likeness (QED) is 0.673. The molecule has 1 aliphatic rings. The summed E-state index contributed by atoms with van der Waals surface area (Å²) < 4.78 is 1.74.